The van der Waals surface area contributed by atoms with Crippen molar-refractivity contribution in [1.29, 1.82) is 0 Å². The van der Waals surface area contributed by atoms with Crippen molar-refractivity contribution >= 4 is 22.7 Å². The lowest BCUT2D eigenvalue weighted by atomic mass is 10.00. The first-order valence-electron chi connectivity index (χ1n) is 16.8. The van der Waals surface area contributed by atoms with Crippen LogP contribution in [0.15, 0.2) is 164 Å². The fourth-order valence-electron chi connectivity index (χ4n) is 6.87. The van der Waals surface area contributed by atoms with Gasteiger partial charge in [-0.2, -0.15) is 0 Å². The lowest BCUT2D eigenvalue weighted by Crippen LogP contribution is -2.04. The number of para-hydroxylation sites is 7. The zero-order chi connectivity index (χ0) is 33.7. The molecule has 1 aromatic heterocycles. The Hall–Kier alpha value is -7.12. The molecular formula is C44H29N5O2. The second kappa shape index (κ2) is 11.8. The molecule has 51 heavy (non-hydrogen) atoms. The largest absolute Gasteiger partial charge is 0.453 e. The standard InChI is InChI=1S/C44H29N5O2/c1-2-10-32(11-3-1)49-43(30-24-20-28(21-25-30)33-12-8-18-39-41(33)45-35-14-4-6-16-37(35)50-39)47-48-44(49)31-26-22-29(23-27-31)34-13-9-19-40-42(34)46-36-15-5-7-17-38(36)51-40/h1-27,45-46H. The van der Waals surface area contributed by atoms with Crippen LogP contribution in [0.1, 0.15) is 0 Å². The summed E-state index contributed by atoms with van der Waals surface area (Å²) in [6, 6.07) is 55.4. The summed E-state index contributed by atoms with van der Waals surface area (Å²) < 4.78 is 14.6. The summed E-state index contributed by atoms with van der Waals surface area (Å²) in [4.78, 5) is 0. The van der Waals surface area contributed by atoms with E-state index >= 15 is 0 Å². The Morgan fingerprint density at radius 2 is 0.784 bits per heavy atom. The van der Waals surface area contributed by atoms with Crippen molar-refractivity contribution in [3.8, 4) is 73.7 Å². The average molecular weight is 660 g/mol. The first-order chi connectivity index (χ1) is 25.3. The normalized spacial score (nSPS) is 12.2. The van der Waals surface area contributed by atoms with Crippen molar-refractivity contribution < 1.29 is 9.47 Å². The molecule has 0 radical (unpaired) electrons. The predicted molar refractivity (Wildman–Crippen MR) is 203 cm³/mol. The lowest BCUT2D eigenvalue weighted by molar-refractivity contribution is 0.481. The number of fused-ring (bicyclic) bond motifs is 4. The van der Waals surface area contributed by atoms with E-state index in [9.17, 15) is 0 Å². The van der Waals surface area contributed by atoms with E-state index in [2.05, 4.69) is 88.0 Å². The molecule has 0 atom stereocenters. The Morgan fingerprint density at radius 3 is 1.27 bits per heavy atom. The Bertz CT molecular complexity index is 2420. The summed E-state index contributed by atoms with van der Waals surface area (Å²) in [6.07, 6.45) is 0. The quantitative estimate of drug-likeness (QED) is 0.192. The molecule has 0 unspecified atom stereocenters. The SMILES string of the molecule is c1ccc(-n2c(-c3ccc(-c4cccc5c4Nc4ccccc4O5)cc3)nnc2-c2ccc(-c3cccc4c3Nc3ccccc3O4)cc2)cc1. The minimum atomic E-state index is 0.759. The van der Waals surface area contributed by atoms with Gasteiger partial charge in [0.05, 0.1) is 22.7 Å². The fourth-order valence-corrected chi connectivity index (χ4v) is 6.87. The molecule has 0 saturated carbocycles. The summed E-state index contributed by atoms with van der Waals surface area (Å²) >= 11 is 0. The number of anilines is 4. The molecule has 7 heteroatoms. The van der Waals surface area contributed by atoms with Crippen molar-refractivity contribution in [1.82, 2.24) is 14.8 Å². The topological polar surface area (TPSA) is 73.2 Å². The minimum Gasteiger partial charge on any atom is -0.453 e. The lowest BCUT2D eigenvalue weighted by Gasteiger charge is -2.24. The van der Waals surface area contributed by atoms with E-state index in [0.29, 0.717) is 0 Å². The maximum absolute atomic E-state index is 6.22. The molecule has 0 amide bonds. The molecule has 0 spiro atoms. The number of ether oxygens (including phenoxy) is 2. The molecular weight excluding hydrogens is 631 g/mol. The first-order valence-corrected chi connectivity index (χ1v) is 16.8. The number of nitrogens with one attached hydrogen (secondary N) is 2. The van der Waals surface area contributed by atoms with Crippen LogP contribution in [-0.4, -0.2) is 14.8 Å². The van der Waals surface area contributed by atoms with Gasteiger partial charge in [0.25, 0.3) is 0 Å². The Kier molecular flexibility index (Phi) is 6.67. The van der Waals surface area contributed by atoms with E-state index in [1.54, 1.807) is 0 Å². The third kappa shape index (κ3) is 4.99. The third-order valence-corrected chi connectivity index (χ3v) is 9.37. The number of hydrogen-bond acceptors (Lipinski definition) is 6. The highest BCUT2D eigenvalue weighted by Gasteiger charge is 2.22. The van der Waals surface area contributed by atoms with Crippen LogP contribution in [0.4, 0.5) is 22.7 Å². The summed E-state index contributed by atoms with van der Waals surface area (Å²) in [5, 5.41) is 16.7. The number of nitrogens with zero attached hydrogens (tertiary/aromatic N) is 3. The van der Waals surface area contributed by atoms with Gasteiger partial charge in [-0.25, -0.2) is 0 Å². The molecule has 2 N–H and O–H groups in total. The molecule has 3 heterocycles. The van der Waals surface area contributed by atoms with Gasteiger partial charge in [0, 0.05) is 27.9 Å². The Morgan fingerprint density at radius 1 is 0.373 bits per heavy atom. The van der Waals surface area contributed by atoms with Gasteiger partial charge < -0.3 is 20.1 Å². The zero-order valence-corrected chi connectivity index (χ0v) is 27.2. The van der Waals surface area contributed by atoms with Gasteiger partial charge in [-0.1, -0.05) is 115 Å². The van der Waals surface area contributed by atoms with Crippen molar-refractivity contribution in [3.63, 3.8) is 0 Å². The van der Waals surface area contributed by atoms with Crippen molar-refractivity contribution in [2.45, 2.75) is 0 Å². The molecule has 0 aliphatic carbocycles. The molecule has 7 nitrogen and oxygen atoms in total. The highest BCUT2D eigenvalue weighted by molar-refractivity contribution is 5.90. The average Bonchev–Trinajstić information content (AvgIpc) is 3.65. The minimum absolute atomic E-state index is 0.759. The van der Waals surface area contributed by atoms with Gasteiger partial charge in [0.15, 0.2) is 34.6 Å². The fraction of sp³-hybridized carbons (Fsp3) is 0. The molecule has 8 aromatic rings. The second-order valence-electron chi connectivity index (χ2n) is 12.5. The molecule has 242 valence electrons. The van der Waals surface area contributed by atoms with E-state index in [0.717, 1.165) is 96.5 Å². The maximum Gasteiger partial charge on any atom is 0.168 e. The second-order valence-corrected chi connectivity index (χ2v) is 12.5. The van der Waals surface area contributed by atoms with Crippen molar-refractivity contribution in [2.75, 3.05) is 10.6 Å². The van der Waals surface area contributed by atoms with Crippen LogP contribution < -0.4 is 20.1 Å². The Balaban J connectivity index is 0.995. The van der Waals surface area contributed by atoms with Gasteiger partial charge in [0.1, 0.15) is 0 Å². The number of rotatable bonds is 5. The van der Waals surface area contributed by atoms with E-state index in [1.165, 1.54) is 0 Å². The van der Waals surface area contributed by atoms with Crippen LogP contribution in [-0.2, 0) is 0 Å². The highest BCUT2D eigenvalue weighted by atomic mass is 16.5. The van der Waals surface area contributed by atoms with E-state index in [-0.39, 0.29) is 0 Å². The van der Waals surface area contributed by atoms with Crippen LogP contribution in [0.25, 0.3) is 50.7 Å². The van der Waals surface area contributed by atoms with E-state index < -0.39 is 0 Å². The number of aromatic nitrogens is 3. The summed E-state index contributed by atoms with van der Waals surface area (Å²) in [5.74, 6) is 4.76. The summed E-state index contributed by atoms with van der Waals surface area (Å²) in [7, 11) is 0. The molecule has 0 fully saturated rings. The first kappa shape index (κ1) is 28.9. The predicted octanol–water partition coefficient (Wildman–Crippen LogP) is 11.6. The molecule has 7 aromatic carbocycles. The van der Waals surface area contributed by atoms with Gasteiger partial charge in [0.2, 0.25) is 0 Å². The molecule has 0 saturated heterocycles. The molecule has 2 aliphatic heterocycles. The van der Waals surface area contributed by atoms with Crippen LogP contribution in [0.3, 0.4) is 0 Å². The smallest absolute Gasteiger partial charge is 0.168 e. The zero-order valence-electron chi connectivity index (χ0n) is 27.2. The monoisotopic (exact) mass is 659 g/mol. The summed E-state index contributed by atoms with van der Waals surface area (Å²) in [5.41, 5.74) is 11.0. The van der Waals surface area contributed by atoms with Crippen LogP contribution >= 0.6 is 0 Å². The van der Waals surface area contributed by atoms with Gasteiger partial charge in [-0.05, 0) is 59.7 Å². The molecule has 10 rings (SSSR count). The molecule has 0 bridgehead atoms. The number of hydrogen-bond donors (Lipinski definition) is 2. The van der Waals surface area contributed by atoms with Gasteiger partial charge in [-0.3, -0.25) is 4.57 Å². The van der Waals surface area contributed by atoms with Crippen LogP contribution in [0.2, 0.25) is 0 Å². The molecule has 2 aliphatic rings. The van der Waals surface area contributed by atoms with E-state index in [1.807, 2.05) is 91.0 Å². The van der Waals surface area contributed by atoms with Crippen molar-refractivity contribution in [3.05, 3.63) is 164 Å². The maximum atomic E-state index is 6.22. The van der Waals surface area contributed by atoms with E-state index in [4.69, 9.17) is 19.7 Å². The highest BCUT2D eigenvalue weighted by Crippen LogP contribution is 2.48. The van der Waals surface area contributed by atoms with Gasteiger partial charge >= 0.3 is 0 Å². The summed E-state index contributed by atoms with van der Waals surface area (Å²) in [6.45, 7) is 0. The Labute approximate surface area is 294 Å². The third-order valence-electron chi connectivity index (χ3n) is 9.37. The number of benzene rings is 7. The van der Waals surface area contributed by atoms with Crippen LogP contribution in [0.5, 0.6) is 23.0 Å². The van der Waals surface area contributed by atoms with Crippen molar-refractivity contribution in [2.24, 2.45) is 0 Å². The van der Waals surface area contributed by atoms with Gasteiger partial charge in [-0.15, -0.1) is 10.2 Å². The van der Waals surface area contributed by atoms with Crippen LogP contribution in [0, 0.1) is 0 Å².